The predicted octanol–water partition coefficient (Wildman–Crippen LogP) is 2.27. The number of carbonyl (C=O) groups excluding carboxylic acids is 2. The fraction of sp³-hybridized carbons (Fsp3) is 0.375. The first-order chi connectivity index (χ1) is 16.6. The summed E-state index contributed by atoms with van der Waals surface area (Å²) in [4.78, 5) is 49.3. The third-order valence-corrected chi connectivity index (χ3v) is 5.84. The molecule has 5 N–H and O–H groups in total. The minimum absolute atomic E-state index is 0.0164. The summed E-state index contributed by atoms with van der Waals surface area (Å²) < 4.78 is 10.9. The van der Waals surface area contributed by atoms with E-state index in [1.54, 1.807) is 18.2 Å². The minimum atomic E-state index is -1.19. The monoisotopic (exact) mass is 485 g/mol. The maximum atomic E-state index is 12.8. The summed E-state index contributed by atoms with van der Waals surface area (Å²) in [6.45, 7) is 0.857. The number of likely N-dealkylation sites (tertiary alicyclic amines) is 1. The first kappa shape index (κ1) is 25.6. The van der Waals surface area contributed by atoms with Gasteiger partial charge in [0.1, 0.15) is 17.3 Å². The topological polar surface area (TPSA) is 184 Å². The van der Waals surface area contributed by atoms with Gasteiger partial charge < -0.3 is 25.1 Å². The molecule has 1 fully saturated rings. The average molecular weight is 485 g/mol. The molecule has 1 aromatic heterocycles. The van der Waals surface area contributed by atoms with Gasteiger partial charge in [-0.25, -0.2) is 4.79 Å². The highest BCUT2D eigenvalue weighted by molar-refractivity contribution is 5.95. The van der Waals surface area contributed by atoms with Crippen LogP contribution in [0.3, 0.4) is 0 Å². The largest absolute Gasteiger partial charge is 0.481 e. The molecule has 0 spiro atoms. The number of carboxylic acids is 2. The second kappa shape index (κ2) is 11.4. The highest BCUT2D eigenvalue weighted by Crippen LogP contribution is 2.25. The van der Waals surface area contributed by atoms with Gasteiger partial charge in [0, 0.05) is 18.4 Å². The Morgan fingerprint density at radius 2 is 1.86 bits per heavy atom. The maximum Gasteiger partial charge on any atom is 0.379 e. The van der Waals surface area contributed by atoms with E-state index in [0.717, 1.165) is 6.42 Å². The van der Waals surface area contributed by atoms with E-state index < -0.39 is 29.9 Å². The quantitative estimate of drug-likeness (QED) is 0.150. The highest BCUT2D eigenvalue weighted by atomic mass is 16.5. The molecule has 2 heterocycles. The van der Waals surface area contributed by atoms with Gasteiger partial charge in [0.15, 0.2) is 5.78 Å². The van der Waals surface area contributed by atoms with Gasteiger partial charge in [-0.2, -0.15) is 0 Å². The van der Waals surface area contributed by atoms with Crippen LogP contribution < -0.4 is 10.5 Å². The normalized spacial score (nSPS) is 16.5. The van der Waals surface area contributed by atoms with E-state index in [1.165, 1.54) is 18.2 Å². The molecule has 1 aliphatic heterocycles. The number of carboxylic acid groups (broad SMARTS) is 2. The molecule has 3 rings (SSSR count). The van der Waals surface area contributed by atoms with E-state index >= 15 is 0 Å². The number of ketones is 1. The number of ether oxygens (including phenoxy) is 1. The minimum Gasteiger partial charge on any atom is -0.481 e. The number of esters is 1. The Balaban J connectivity index is 1.58. The number of nitrogen functional groups attached to an aromatic ring is 1. The molecule has 1 saturated heterocycles. The molecule has 1 aromatic carbocycles. The van der Waals surface area contributed by atoms with E-state index in [1.807, 2.05) is 4.90 Å². The Morgan fingerprint density at radius 1 is 1.14 bits per heavy atom. The van der Waals surface area contributed by atoms with Crippen molar-refractivity contribution in [1.29, 1.82) is 5.41 Å². The van der Waals surface area contributed by atoms with Gasteiger partial charge in [-0.1, -0.05) is 0 Å². The van der Waals surface area contributed by atoms with E-state index in [-0.39, 0.29) is 48.9 Å². The molecular weight excluding hydrogens is 458 g/mol. The second-order valence-electron chi connectivity index (χ2n) is 8.36. The highest BCUT2D eigenvalue weighted by Gasteiger charge is 2.34. The summed E-state index contributed by atoms with van der Waals surface area (Å²) in [5.74, 6) is -3.70. The number of nitrogens with two attached hydrogens (primary N) is 1. The third kappa shape index (κ3) is 7.00. The van der Waals surface area contributed by atoms with Crippen molar-refractivity contribution >= 4 is 29.5 Å². The first-order valence-electron chi connectivity index (χ1n) is 11.1. The molecule has 2 aromatic rings. The van der Waals surface area contributed by atoms with Crippen molar-refractivity contribution in [1.82, 2.24) is 4.90 Å². The van der Waals surface area contributed by atoms with Crippen LogP contribution >= 0.6 is 0 Å². The number of furan rings is 1. The van der Waals surface area contributed by atoms with Crippen molar-refractivity contribution in [3.05, 3.63) is 53.5 Å². The predicted molar refractivity (Wildman–Crippen MR) is 122 cm³/mol. The van der Waals surface area contributed by atoms with Gasteiger partial charge in [0.25, 0.3) is 0 Å². The van der Waals surface area contributed by atoms with Gasteiger partial charge in [0.2, 0.25) is 5.76 Å². The van der Waals surface area contributed by atoms with Gasteiger partial charge >= 0.3 is 17.9 Å². The van der Waals surface area contributed by atoms with Crippen molar-refractivity contribution in [2.45, 2.75) is 44.7 Å². The number of rotatable bonds is 12. The standard InChI is InChI=1S/C24H27N3O8/c25-22(26)14-3-6-16(7-4-14)35-24(33)20-9-8-17(34-20)13-27-11-1-2-18(27)19(28)12-15(23(31)32)5-10-21(29)30/h3-4,6-9,15,18H,1-2,5,10-13H2,(H3,25,26)(H,29,30)(H,31,32)/t15-,18+/m1/s1. The number of nitrogens with one attached hydrogen (secondary N) is 1. The Labute approximate surface area is 201 Å². The average Bonchev–Trinajstić information content (AvgIpc) is 3.46. The van der Waals surface area contributed by atoms with Crippen LogP contribution in [0.4, 0.5) is 0 Å². The molecule has 0 amide bonds. The molecule has 2 atom stereocenters. The number of benzene rings is 1. The SMILES string of the molecule is N=C(N)c1ccc(OC(=O)c2ccc(CN3CCC[C@H]3C(=O)C[C@@H](CCC(=O)O)C(=O)O)o2)cc1. The molecule has 0 aliphatic carbocycles. The zero-order valence-corrected chi connectivity index (χ0v) is 18.9. The summed E-state index contributed by atoms with van der Waals surface area (Å²) in [5, 5.41) is 25.5. The maximum absolute atomic E-state index is 12.8. The van der Waals surface area contributed by atoms with Crippen LogP contribution in [0.5, 0.6) is 5.75 Å². The Bertz CT molecular complexity index is 1110. The number of aliphatic carboxylic acids is 2. The van der Waals surface area contributed by atoms with Gasteiger partial charge in [-0.15, -0.1) is 0 Å². The molecule has 0 unspecified atom stereocenters. The van der Waals surface area contributed by atoms with Crippen molar-refractivity contribution in [2.24, 2.45) is 11.7 Å². The fourth-order valence-electron chi connectivity index (χ4n) is 4.00. The Hall–Kier alpha value is -3.99. The molecule has 11 heteroatoms. The van der Waals surface area contributed by atoms with E-state index in [9.17, 15) is 24.3 Å². The smallest absolute Gasteiger partial charge is 0.379 e. The molecular formula is C24H27N3O8. The van der Waals surface area contributed by atoms with Crippen LogP contribution in [0.2, 0.25) is 0 Å². The van der Waals surface area contributed by atoms with Crippen LogP contribution in [0.15, 0.2) is 40.8 Å². The number of hydrogen-bond acceptors (Lipinski definition) is 8. The number of Topliss-reactive ketones (excluding diaryl/α,β-unsaturated/α-hetero) is 1. The summed E-state index contributed by atoms with van der Waals surface area (Å²) in [6.07, 6.45) is 0.655. The molecule has 1 aliphatic rings. The summed E-state index contributed by atoms with van der Waals surface area (Å²) >= 11 is 0. The lowest BCUT2D eigenvalue weighted by atomic mass is 9.93. The summed E-state index contributed by atoms with van der Waals surface area (Å²) in [6, 6.07) is 8.73. The van der Waals surface area contributed by atoms with Crippen LogP contribution in [-0.4, -0.2) is 57.2 Å². The van der Waals surface area contributed by atoms with Crippen molar-refractivity contribution < 1.29 is 38.5 Å². The van der Waals surface area contributed by atoms with Crippen LogP contribution in [0.1, 0.15) is 54.0 Å². The molecule has 11 nitrogen and oxygen atoms in total. The molecule has 0 radical (unpaired) electrons. The zero-order valence-electron chi connectivity index (χ0n) is 18.9. The lowest BCUT2D eigenvalue weighted by molar-refractivity contribution is -0.145. The number of hydrogen-bond donors (Lipinski definition) is 4. The van der Waals surface area contributed by atoms with Crippen LogP contribution in [0, 0.1) is 11.3 Å². The number of nitrogens with zero attached hydrogens (tertiary/aromatic N) is 1. The number of carbonyl (C=O) groups is 4. The second-order valence-corrected chi connectivity index (χ2v) is 8.36. The van der Waals surface area contributed by atoms with Crippen LogP contribution in [-0.2, 0) is 20.9 Å². The number of amidine groups is 1. The van der Waals surface area contributed by atoms with Gasteiger partial charge in [-0.3, -0.25) is 24.7 Å². The molecule has 0 bridgehead atoms. The van der Waals surface area contributed by atoms with E-state index in [0.29, 0.717) is 24.3 Å². The van der Waals surface area contributed by atoms with E-state index in [4.69, 9.17) is 25.4 Å². The molecule has 0 saturated carbocycles. The van der Waals surface area contributed by atoms with Crippen molar-refractivity contribution in [2.75, 3.05) is 6.54 Å². The van der Waals surface area contributed by atoms with Gasteiger partial charge in [0.05, 0.1) is 18.5 Å². The van der Waals surface area contributed by atoms with Crippen molar-refractivity contribution in [3.63, 3.8) is 0 Å². The lowest BCUT2D eigenvalue weighted by Gasteiger charge is -2.23. The summed E-state index contributed by atoms with van der Waals surface area (Å²) in [5.41, 5.74) is 5.90. The van der Waals surface area contributed by atoms with Crippen molar-refractivity contribution in [3.8, 4) is 5.75 Å². The summed E-state index contributed by atoms with van der Waals surface area (Å²) in [7, 11) is 0. The molecule has 35 heavy (non-hydrogen) atoms. The first-order valence-corrected chi connectivity index (χ1v) is 11.1. The van der Waals surface area contributed by atoms with Gasteiger partial charge in [-0.05, 0) is 62.2 Å². The molecule has 186 valence electrons. The lowest BCUT2D eigenvalue weighted by Crippen LogP contribution is -2.37. The third-order valence-electron chi connectivity index (χ3n) is 5.84. The fourth-order valence-corrected chi connectivity index (χ4v) is 4.00. The van der Waals surface area contributed by atoms with Crippen LogP contribution in [0.25, 0.3) is 0 Å². The zero-order chi connectivity index (χ0) is 25.5. The Morgan fingerprint density at radius 3 is 2.49 bits per heavy atom. The van der Waals surface area contributed by atoms with E-state index in [2.05, 4.69) is 0 Å². The Kier molecular flexibility index (Phi) is 8.37.